The van der Waals surface area contributed by atoms with Gasteiger partial charge in [-0.05, 0) is 42.5 Å². The molecule has 1 aliphatic heterocycles. The first-order valence-electron chi connectivity index (χ1n) is 13.0. The number of nitriles is 1. The van der Waals surface area contributed by atoms with Gasteiger partial charge in [-0.15, -0.1) is 0 Å². The Morgan fingerprint density at radius 3 is 2.78 bits per heavy atom. The van der Waals surface area contributed by atoms with Gasteiger partial charge in [-0.2, -0.15) is 5.26 Å². The van der Waals surface area contributed by atoms with Crippen LogP contribution < -0.4 is 15.5 Å². The minimum Gasteiger partial charge on any atom is -0.367 e. The van der Waals surface area contributed by atoms with Crippen molar-refractivity contribution < 1.29 is 4.79 Å². The quantitative estimate of drug-likeness (QED) is 0.436. The average Bonchev–Trinajstić information content (AvgIpc) is 3.48. The van der Waals surface area contributed by atoms with Gasteiger partial charge in [0.15, 0.2) is 0 Å². The minimum atomic E-state index is -0.250. The van der Waals surface area contributed by atoms with Crippen LogP contribution >= 0.6 is 0 Å². The third-order valence-corrected chi connectivity index (χ3v) is 7.32. The van der Waals surface area contributed by atoms with Crippen molar-refractivity contribution in [2.75, 3.05) is 23.3 Å². The van der Waals surface area contributed by atoms with E-state index >= 15 is 0 Å². The van der Waals surface area contributed by atoms with E-state index in [4.69, 9.17) is 0 Å². The highest BCUT2D eigenvalue weighted by Gasteiger charge is 2.29. The molecule has 2 aromatic carbocycles. The second-order valence-corrected chi connectivity index (χ2v) is 10.3. The number of anilines is 2. The SMILES string of the molecule is CC(C)CN(c1cc(C#N)ccc1NC(=O)NCC1c2ccccc2-c2cncn21)C1CCCCC1. The maximum Gasteiger partial charge on any atom is 0.319 e. The largest absolute Gasteiger partial charge is 0.367 e. The molecule has 2 amide bonds. The molecule has 5 rings (SSSR count). The second kappa shape index (κ2) is 10.4. The smallest absolute Gasteiger partial charge is 0.319 e. The van der Waals surface area contributed by atoms with E-state index < -0.39 is 0 Å². The molecule has 1 saturated carbocycles. The summed E-state index contributed by atoms with van der Waals surface area (Å²) in [6, 6.07) is 16.3. The first kappa shape index (κ1) is 23.9. The van der Waals surface area contributed by atoms with Crippen LogP contribution in [0.4, 0.5) is 16.2 Å². The van der Waals surface area contributed by atoms with E-state index in [0.717, 1.165) is 42.0 Å². The number of aromatic nitrogens is 2. The van der Waals surface area contributed by atoms with Gasteiger partial charge in [0.25, 0.3) is 0 Å². The molecule has 1 unspecified atom stereocenters. The fraction of sp³-hybridized carbons (Fsp3) is 0.414. The summed E-state index contributed by atoms with van der Waals surface area (Å²) >= 11 is 0. The highest BCUT2D eigenvalue weighted by molar-refractivity contribution is 5.93. The van der Waals surface area contributed by atoms with Gasteiger partial charge in [0.2, 0.25) is 0 Å². The predicted molar refractivity (Wildman–Crippen MR) is 143 cm³/mol. The van der Waals surface area contributed by atoms with E-state index in [9.17, 15) is 10.1 Å². The number of hydrogen-bond donors (Lipinski definition) is 2. The lowest BCUT2D eigenvalue weighted by atomic mass is 9.92. The molecule has 0 spiro atoms. The fourth-order valence-electron chi connectivity index (χ4n) is 5.67. The molecule has 186 valence electrons. The molecule has 1 aromatic heterocycles. The molecule has 0 radical (unpaired) electrons. The molecule has 36 heavy (non-hydrogen) atoms. The topological polar surface area (TPSA) is 86.0 Å². The summed E-state index contributed by atoms with van der Waals surface area (Å²) in [5.41, 5.74) is 5.71. The van der Waals surface area contributed by atoms with Crippen molar-refractivity contribution in [2.24, 2.45) is 5.92 Å². The molecule has 7 nitrogen and oxygen atoms in total. The van der Waals surface area contributed by atoms with E-state index in [0.29, 0.717) is 24.1 Å². The Hall–Kier alpha value is -3.79. The van der Waals surface area contributed by atoms with Gasteiger partial charge < -0.3 is 20.1 Å². The maximum absolute atomic E-state index is 13.1. The van der Waals surface area contributed by atoms with Crippen LogP contribution in [-0.4, -0.2) is 34.7 Å². The second-order valence-electron chi connectivity index (χ2n) is 10.3. The Morgan fingerprint density at radius 1 is 1.19 bits per heavy atom. The normalized spacial score (nSPS) is 16.8. The molecule has 1 fully saturated rings. The number of amides is 2. The summed E-state index contributed by atoms with van der Waals surface area (Å²) in [4.78, 5) is 19.9. The molecule has 0 bridgehead atoms. The van der Waals surface area contributed by atoms with Crippen molar-refractivity contribution in [3.05, 3.63) is 66.1 Å². The number of nitrogens with zero attached hydrogens (tertiary/aromatic N) is 4. The first-order valence-corrected chi connectivity index (χ1v) is 13.0. The van der Waals surface area contributed by atoms with E-state index in [1.165, 1.54) is 24.8 Å². The summed E-state index contributed by atoms with van der Waals surface area (Å²) in [7, 11) is 0. The fourth-order valence-corrected chi connectivity index (χ4v) is 5.67. The van der Waals surface area contributed by atoms with Crippen LogP contribution in [0.5, 0.6) is 0 Å². The Morgan fingerprint density at radius 2 is 2.00 bits per heavy atom. The van der Waals surface area contributed by atoms with Crippen LogP contribution in [0.3, 0.4) is 0 Å². The zero-order valence-electron chi connectivity index (χ0n) is 21.1. The van der Waals surface area contributed by atoms with Crippen molar-refractivity contribution in [1.29, 1.82) is 5.26 Å². The van der Waals surface area contributed by atoms with Crippen molar-refractivity contribution >= 4 is 17.4 Å². The number of carbonyl (C=O) groups excluding carboxylic acids is 1. The van der Waals surface area contributed by atoms with Gasteiger partial charge in [0.1, 0.15) is 0 Å². The van der Waals surface area contributed by atoms with Crippen LogP contribution in [0.1, 0.15) is 63.1 Å². The molecule has 1 atom stereocenters. The summed E-state index contributed by atoms with van der Waals surface area (Å²) in [5, 5.41) is 15.8. The van der Waals surface area contributed by atoms with Gasteiger partial charge in [-0.3, -0.25) is 0 Å². The monoisotopic (exact) mass is 482 g/mol. The first-order chi connectivity index (χ1) is 17.5. The molecule has 2 heterocycles. The van der Waals surface area contributed by atoms with Crippen molar-refractivity contribution in [3.8, 4) is 17.3 Å². The Labute approximate surface area is 213 Å². The van der Waals surface area contributed by atoms with E-state index in [1.54, 1.807) is 6.07 Å². The predicted octanol–water partition coefficient (Wildman–Crippen LogP) is 5.94. The molecule has 2 N–H and O–H groups in total. The van der Waals surface area contributed by atoms with Crippen LogP contribution in [-0.2, 0) is 0 Å². The van der Waals surface area contributed by atoms with Gasteiger partial charge >= 0.3 is 6.03 Å². The lowest BCUT2D eigenvalue weighted by Crippen LogP contribution is -2.40. The van der Waals surface area contributed by atoms with Crippen LogP contribution in [0, 0.1) is 17.2 Å². The third-order valence-electron chi connectivity index (χ3n) is 7.32. The van der Waals surface area contributed by atoms with E-state index in [1.807, 2.05) is 36.8 Å². The Balaban J connectivity index is 1.35. The standard InChI is InChI=1S/C29H34N6O/c1-20(2)18-34(22-8-4-3-5-9-22)26-14-21(15-30)12-13-25(26)33-29(36)32-17-28-24-11-7-6-10-23(24)27-16-31-19-35(27)28/h6-7,10-14,16,19-20,22,28H,3-5,8-9,17-18H2,1-2H3,(H2,32,33,36). The number of imidazole rings is 1. The number of hydrogen-bond acceptors (Lipinski definition) is 4. The van der Waals surface area contributed by atoms with Crippen molar-refractivity contribution in [2.45, 2.75) is 58.0 Å². The lowest BCUT2D eigenvalue weighted by Gasteiger charge is -2.38. The van der Waals surface area contributed by atoms with Crippen molar-refractivity contribution in [3.63, 3.8) is 0 Å². The van der Waals surface area contributed by atoms with E-state index in [-0.39, 0.29) is 12.1 Å². The lowest BCUT2D eigenvalue weighted by molar-refractivity contribution is 0.251. The summed E-state index contributed by atoms with van der Waals surface area (Å²) in [6.07, 6.45) is 9.70. The molecule has 7 heteroatoms. The molecular weight excluding hydrogens is 448 g/mol. The summed E-state index contributed by atoms with van der Waals surface area (Å²) < 4.78 is 2.12. The Bertz CT molecular complexity index is 1270. The zero-order chi connectivity index (χ0) is 25.1. The van der Waals surface area contributed by atoms with Gasteiger partial charge in [0.05, 0.1) is 47.3 Å². The van der Waals surface area contributed by atoms with Gasteiger partial charge in [0, 0.05) is 24.7 Å². The number of fused-ring (bicyclic) bond motifs is 3. The number of carbonyl (C=O) groups is 1. The number of benzene rings is 2. The maximum atomic E-state index is 13.1. The van der Waals surface area contributed by atoms with Crippen molar-refractivity contribution in [1.82, 2.24) is 14.9 Å². The minimum absolute atomic E-state index is 0.00423. The summed E-state index contributed by atoms with van der Waals surface area (Å²) in [6.45, 7) is 5.77. The number of nitrogens with one attached hydrogen (secondary N) is 2. The highest BCUT2D eigenvalue weighted by Crippen LogP contribution is 2.38. The third kappa shape index (κ3) is 4.81. The molecule has 3 aromatic rings. The van der Waals surface area contributed by atoms with Crippen LogP contribution in [0.25, 0.3) is 11.3 Å². The molecular formula is C29H34N6O. The molecule has 1 aliphatic carbocycles. The average molecular weight is 483 g/mol. The van der Waals surface area contributed by atoms with Gasteiger partial charge in [-0.25, -0.2) is 9.78 Å². The summed E-state index contributed by atoms with van der Waals surface area (Å²) in [5.74, 6) is 0.464. The number of rotatable bonds is 7. The molecule has 2 aliphatic rings. The van der Waals surface area contributed by atoms with E-state index in [2.05, 4.69) is 57.1 Å². The van der Waals surface area contributed by atoms with Gasteiger partial charge in [-0.1, -0.05) is 57.4 Å². The van der Waals surface area contributed by atoms with Crippen LogP contribution in [0.2, 0.25) is 0 Å². The number of urea groups is 1. The zero-order valence-corrected chi connectivity index (χ0v) is 21.1. The highest BCUT2D eigenvalue weighted by atomic mass is 16.2. The Kier molecular flexibility index (Phi) is 6.95. The van der Waals surface area contributed by atoms with Crippen LogP contribution in [0.15, 0.2) is 55.0 Å². The molecule has 0 saturated heterocycles.